The molecule has 2 rings (SSSR count). The number of likely N-dealkylation sites (N-methyl/N-ethyl adjacent to an activating group) is 1. The van der Waals surface area contributed by atoms with Gasteiger partial charge in [0.15, 0.2) is 0 Å². The summed E-state index contributed by atoms with van der Waals surface area (Å²) >= 11 is 1.57. The van der Waals surface area contributed by atoms with Gasteiger partial charge in [-0.1, -0.05) is 6.07 Å². The molecule has 0 bridgehead atoms. The first-order chi connectivity index (χ1) is 8.70. The largest absolute Gasteiger partial charge is 0.312 e. The van der Waals surface area contributed by atoms with Crippen LogP contribution in [0.4, 0.5) is 10.1 Å². The number of halogens is 1. The van der Waals surface area contributed by atoms with Gasteiger partial charge in [0.1, 0.15) is 5.82 Å². The second-order valence-corrected chi connectivity index (χ2v) is 4.90. The van der Waals surface area contributed by atoms with E-state index in [4.69, 9.17) is 0 Å². The minimum absolute atomic E-state index is 0.0339. The number of benzene rings is 1. The van der Waals surface area contributed by atoms with Crippen molar-refractivity contribution in [2.75, 3.05) is 11.4 Å². The molecule has 0 saturated carbocycles. The Bertz CT molecular complexity index is 507. The Morgan fingerprint density at radius 3 is 2.56 bits per heavy atom. The van der Waals surface area contributed by atoms with Crippen molar-refractivity contribution in [1.82, 2.24) is 0 Å². The Morgan fingerprint density at radius 1 is 1.28 bits per heavy atom. The molecule has 0 spiro atoms. The molecule has 0 aliphatic carbocycles. The van der Waals surface area contributed by atoms with E-state index in [1.165, 1.54) is 12.1 Å². The second kappa shape index (κ2) is 5.78. The third kappa shape index (κ3) is 2.96. The van der Waals surface area contributed by atoms with E-state index in [9.17, 15) is 9.18 Å². The van der Waals surface area contributed by atoms with Crippen molar-refractivity contribution in [3.63, 3.8) is 0 Å². The molecule has 18 heavy (non-hydrogen) atoms. The Balaban J connectivity index is 2.13. The molecule has 4 heteroatoms. The zero-order valence-electron chi connectivity index (χ0n) is 10.1. The van der Waals surface area contributed by atoms with Gasteiger partial charge in [0.2, 0.25) is 5.91 Å². The first-order valence-corrected chi connectivity index (χ1v) is 6.67. The molecule has 2 nitrogen and oxygen atoms in total. The standard InChI is InChI=1S/C14H14FNOS/c1-2-16(12-7-5-11(15)6-8-12)14(17)10-13-4-3-9-18-13/h3-9H,2,10H2,1H3. The lowest BCUT2D eigenvalue weighted by Gasteiger charge is -2.20. The minimum Gasteiger partial charge on any atom is -0.312 e. The average Bonchev–Trinajstić information content (AvgIpc) is 2.85. The van der Waals surface area contributed by atoms with Crippen LogP contribution in [0.15, 0.2) is 41.8 Å². The van der Waals surface area contributed by atoms with E-state index < -0.39 is 0 Å². The molecule has 0 aliphatic rings. The number of nitrogens with zero attached hydrogens (tertiary/aromatic N) is 1. The molecular weight excluding hydrogens is 249 g/mol. The molecule has 1 amide bonds. The van der Waals surface area contributed by atoms with E-state index in [0.717, 1.165) is 10.6 Å². The zero-order valence-corrected chi connectivity index (χ0v) is 10.9. The third-order valence-electron chi connectivity index (χ3n) is 2.66. The van der Waals surface area contributed by atoms with E-state index in [0.29, 0.717) is 13.0 Å². The molecule has 0 radical (unpaired) electrons. The first-order valence-electron chi connectivity index (χ1n) is 5.79. The van der Waals surface area contributed by atoms with Crippen LogP contribution < -0.4 is 4.90 Å². The molecule has 0 N–H and O–H groups in total. The summed E-state index contributed by atoms with van der Waals surface area (Å²) in [6.45, 7) is 2.49. The highest BCUT2D eigenvalue weighted by molar-refractivity contribution is 7.10. The Morgan fingerprint density at radius 2 is 2.00 bits per heavy atom. The summed E-state index contributed by atoms with van der Waals surface area (Å²) in [7, 11) is 0. The summed E-state index contributed by atoms with van der Waals surface area (Å²) in [5.41, 5.74) is 0.737. The number of thiophene rings is 1. The van der Waals surface area contributed by atoms with E-state index in [1.807, 2.05) is 24.4 Å². The topological polar surface area (TPSA) is 20.3 Å². The Kier molecular flexibility index (Phi) is 4.10. The zero-order chi connectivity index (χ0) is 13.0. The van der Waals surface area contributed by atoms with E-state index in [2.05, 4.69) is 0 Å². The quantitative estimate of drug-likeness (QED) is 0.827. The van der Waals surface area contributed by atoms with Gasteiger partial charge >= 0.3 is 0 Å². The molecule has 94 valence electrons. The van der Waals surface area contributed by atoms with Gasteiger partial charge in [0, 0.05) is 17.1 Å². The van der Waals surface area contributed by atoms with Crippen molar-refractivity contribution in [3.05, 3.63) is 52.5 Å². The lowest BCUT2D eigenvalue weighted by Crippen LogP contribution is -2.31. The predicted molar refractivity (Wildman–Crippen MR) is 72.5 cm³/mol. The molecule has 2 aromatic rings. The maximum atomic E-state index is 12.9. The van der Waals surface area contributed by atoms with Crippen LogP contribution in [-0.4, -0.2) is 12.5 Å². The number of carbonyl (C=O) groups is 1. The van der Waals surface area contributed by atoms with Crippen LogP contribution in [0.2, 0.25) is 0 Å². The molecule has 1 aromatic heterocycles. The SMILES string of the molecule is CCN(C(=O)Cc1cccs1)c1ccc(F)cc1. The van der Waals surface area contributed by atoms with Crippen LogP contribution in [0, 0.1) is 5.82 Å². The highest BCUT2D eigenvalue weighted by Gasteiger charge is 2.14. The second-order valence-electron chi connectivity index (χ2n) is 3.87. The number of hydrogen-bond donors (Lipinski definition) is 0. The van der Waals surface area contributed by atoms with Crippen LogP contribution in [-0.2, 0) is 11.2 Å². The van der Waals surface area contributed by atoms with Gasteiger partial charge < -0.3 is 4.90 Å². The fourth-order valence-corrected chi connectivity index (χ4v) is 2.48. The van der Waals surface area contributed by atoms with Crippen molar-refractivity contribution in [2.24, 2.45) is 0 Å². The van der Waals surface area contributed by atoms with Crippen LogP contribution in [0.1, 0.15) is 11.8 Å². The Labute approximate surface area is 110 Å². The smallest absolute Gasteiger partial charge is 0.232 e. The van der Waals surface area contributed by atoms with Gasteiger partial charge in [-0.05, 0) is 42.6 Å². The van der Waals surface area contributed by atoms with E-state index in [1.54, 1.807) is 28.4 Å². The lowest BCUT2D eigenvalue weighted by atomic mass is 10.2. The van der Waals surface area contributed by atoms with Crippen molar-refractivity contribution in [2.45, 2.75) is 13.3 Å². The van der Waals surface area contributed by atoms with Gasteiger partial charge in [-0.3, -0.25) is 4.79 Å². The monoisotopic (exact) mass is 263 g/mol. The van der Waals surface area contributed by atoms with Crippen LogP contribution in [0.5, 0.6) is 0 Å². The first kappa shape index (κ1) is 12.8. The highest BCUT2D eigenvalue weighted by Crippen LogP contribution is 2.17. The van der Waals surface area contributed by atoms with E-state index in [-0.39, 0.29) is 11.7 Å². The van der Waals surface area contributed by atoms with Gasteiger partial charge in [0.25, 0.3) is 0 Å². The maximum Gasteiger partial charge on any atom is 0.232 e. The highest BCUT2D eigenvalue weighted by atomic mass is 32.1. The summed E-state index contributed by atoms with van der Waals surface area (Å²) in [5, 5.41) is 1.96. The number of carbonyl (C=O) groups excluding carboxylic acids is 1. The lowest BCUT2D eigenvalue weighted by molar-refractivity contribution is -0.117. The number of rotatable bonds is 4. The Hall–Kier alpha value is -1.68. The van der Waals surface area contributed by atoms with E-state index >= 15 is 0 Å². The summed E-state index contributed by atoms with van der Waals surface area (Å²) in [5.74, 6) is -0.257. The fraction of sp³-hybridized carbons (Fsp3) is 0.214. The predicted octanol–water partition coefficient (Wildman–Crippen LogP) is 3.48. The summed E-state index contributed by atoms with van der Waals surface area (Å²) in [6, 6.07) is 9.88. The third-order valence-corrected chi connectivity index (χ3v) is 3.54. The minimum atomic E-state index is -0.291. The van der Waals surface area contributed by atoms with Gasteiger partial charge in [0.05, 0.1) is 6.42 Å². The van der Waals surface area contributed by atoms with Crippen molar-refractivity contribution in [1.29, 1.82) is 0 Å². The van der Waals surface area contributed by atoms with Gasteiger partial charge in [-0.15, -0.1) is 11.3 Å². The molecule has 0 saturated heterocycles. The molecule has 0 aliphatic heterocycles. The maximum absolute atomic E-state index is 12.9. The van der Waals surface area contributed by atoms with Crippen molar-refractivity contribution < 1.29 is 9.18 Å². The average molecular weight is 263 g/mol. The van der Waals surface area contributed by atoms with Gasteiger partial charge in [-0.25, -0.2) is 4.39 Å². The number of amides is 1. The van der Waals surface area contributed by atoms with Crippen LogP contribution in [0.3, 0.4) is 0 Å². The normalized spacial score (nSPS) is 10.3. The van der Waals surface area contributed by atoms with Crippen LogP contribution in [0.25, 0.3) is 0 Å². The summed E-state index contributed by atoms with van der Waals surface area (Å²) in [4.78, 5) is 14.9. The summed E-state index contributed by atoms with van der Waals surface area (Å²) in [6.07, 6.45) is 0.392. The fourth-order valence-electron chi connectivity index (χ4n) is 1.78. The molecule has 0 unspecified atom stereocenters. The summed E-state index contributed by atoms with van der Waals surface area (Å²) < 4.78 is 12.9. The molecule has 0 fully saturated rings. The number of anilines is 1. The molecule has 1 heterocycles. The van der Waals surface area contributed by atoms with Crippen LogP contribution >= 0.6 is 11.3 Å². The van der Waals surface area contributed by atoms with Gasteiger partial charge in [-0.2, -0.15) is 0 Å². The molecule has 1 aromatic carbocycles. The molecule has 0 atom stereocenters. The van der Waals surface area contributed by atoms with Crippen molar-refractivity contribution in [3.8, 4) is 0 Å². The molecular formula is C14H14FNOS. The number of hydrogen-bond acceptors (Lipinski definition) is 2. The van der Waals surface area contributed by atoms with Crippen molar-refractivity contribution >= 4 is 22.9 Å².